The van der Waals surface area contributed by atoms with Gasteiger partial charge in [-0.25, -0.2) is 4.79 Å². The molecule has 12 heteroatoms. The second-order valence-corrected chi connectivity index (χ2v) is 11.8. The van der Waals surface area contributed by atoms with Gasteiger partial charge in [0.2, 0.25) is 5.78 Å². The first-order chi connectivity index (χ1) is 20.8. The molecule has 44 heavy (non-hydrogen) atoms. The molecule has 5 rings (SSSR count). The van der Waals surface area contributed by atoms with Crippen molar-refractivity contribution in [3.8, 4) is 16.9 Å². The number of nitrogens with zero attached hydrogens (tertiary/aromatic N) is 1. The van der Waals surface area contributed by atoms with Crippen molar-refractivity contribution < 1.29 is 39.6 Å². The Balaban J connectivity index is 1.56. The number of phenolic OH excluding ortho intramolecular Hbond substituents is 1. The normalized spacial score (nSPS) is 24.5. The number of anilines is 1. The minimum Gasteiger partial charge on any atom is -0.508 e. The maximum Gasteiger partial charge on any atom is 0.319 e. The lowest BCUT2D eigenvalue weighted by Crippen LogP contribution is -2.65. The lowest BCUT2D eigenvalue weighted by atomic mass is 9.57. The average Bonchev–Trinajstić information content (AvgIpc) is 2.95. The molecule has 2 aromatic carbocycles. The van der Waals surface area contributed by atoms with Gasteiger partial charge in [-0.3, -0.25) is 19.3 Å². The quantitative estimate of drug-likeness (QED) is 0.183. The predicted molar refractivity (Wildman–Crippen MR) is 162 cm³/mol. The highest BCUT2D eigenvalue weighted by Crippen LogP contribution is 2.53. The lowest BCUT2D eigenvalue weighted by molar-refractivity contribution is -0.153. The maximum absolute atomic E-state index is 14.0. The van der Waals surface area contributed by atoms with Crippen molar-refractivity contribution in [1.29, 1.82) is 0 Å². The highest BCUT2D eigenvalue weighted by molar-refractivity contribution is 6.24. The molecule has 1 fully saturated rings. The number of primary amides is 1. The zero-order valence-electron chi connectivity index (χ0n) is 24.7. The molecule has 12 nitrogen and oxygen atoms in total. The van der Waals surface area contributed by atoms with Gasteiger partial charge in [0, 0.05) is 23.7 Å². The molecule has 4 atom stereocenters. The Bertz CT molecular complexity index is 1630. The van der Waals surface area contributed by atoms with Crippen molar-refractivity contribution in [2.75, 3.05) is 26.0 Å². The summed E-state index contributed by atoms with van der Waals surface area (Å²) in [5.41, 5.74) is 4.13. The Kier molecular flexibility index (Phi) is 8.00. The molecule has 0 unspecified atom stereocenters. The van der Waals surface area contributed by atoms with E-state index in [0.717, 1.165) is 18.4 Å². The Morgan fingerprint density at radius 3 is 2.36 bits per heavy atom. The zero-order valence-corrected chi connectivity index (χ0v) is 24.7. The summed E-state index contributed by atoms with van der Waals surface area (Å²) in [6.45, 7) is 2.59. The van der Waals surface area contributed by atoms with E-state index in [0.29, 0.717) is 23.4 Å². The fourth-order valence-corrected chi connectivity index (χ4v) is 6.80. The van der Waals surface area contributed by atoms with Gasteiger partial charge in [-0.2, -0.15) is 0 Å². The topological polar surface area (TPSA) is 203 Å². The Morgan fingerprint density at radius 1 is 1.07 bits per heavy atom. The van der Waals surface area contributed by atoms with Gasteiger partial charge >= 0.3 is 6.03 Å². The van der Waals surface area contributed by atoms with E-state index in [9.17, 15) is 39.6 Å². The first-order valence-electron chi connectivity index (χ1n) is 14.5. The number of nitrogens with two attached hydrogens (primary N) is 1. The number of phenols is 1. The number of nitrogens with one attached hydrogen (secondary N) is 2. The number of aliphatic hydroxyl groups is 3. The number of rotatable bonds is 7. The molecule has 232 valence electrons. The highest BCUT2D eigenvalue weighted by atomic mass is 16.3. The number of carbonyl (C=O) groups is 4. The van der Waals surface area contributed by atoms with Crippen LogP contribution in [0.1, 0.15) is 37.3 Å². The van der Waals surface area contributed by atoms with E-state index in [1.165, 1.54) is 11.0 Å². The molecule has 0 saturated heterocycles. The third-order valence-corrected chi connectivity index (χ3v) is 8.87. The van der Waals surface area contributed by atoms with Gasteiger partial charge in [-0.05, 0) is 74.2 Å². The average molecular weight is 605 g/mol. The largest absolute Gasteiger partial charge is 0.508 e. The number of unbranched alkanes of at least 4 members (excludes halogenated alkanes) is 1. The third-order valence-electron chi connectivity index (χ3n) is 8.87. The lowest BCUT2D eigenvalue weighted by Gasteiger charge is -2.50. The van der Waals surface area contributed by atoms with E-state index >= 15 is 0 Å². The van der Waals surface area contributed by atoms with Gasteiger partial charge in [-0.1, -0.05) is 31.5 Å². The molecule has 0 bridgehead atoms. The van der Waals surface area contributed by atoms with Crippen LogP contribution in [0.25, 0.3) is 16.9 Å². The summed E-state index contributed by atoms with van der Waals surface area (Å²) >= 11 is 0. The van der Waals surface area contributed by atoms with Gasteiger partial charge in [0.25, 0.3) is 5.91 Å². The minimum atomic E-state index is -2.69. The number of Topliss-reactive ketones (excluding diaryl/α,β-unsaturated/α-hetero) is 2. The second-order valence-electron chi connectivity index (χ2n) is 11.8. The van der Waals surface area contributed by atoms with Crippen molar-refractivity contribution in [3.05, 3.63) is 64.4 Å². The monoisotopic (exact) mass is 604 g/mol. The molecule has 0 spiro atoms. The summed E-state index contributed by atoms with van der Waals surface area (Å²) in [5, 5.41) is 50.6. The van der Waals surface area contributed by atoms with Crippen molar-refractivity contribution in [2.24, 2.45) is 17.6 Å². The molecule has 3 aliphatic carbocycles. The van der Waals surface area contributed by atoms with Crippen LogP contribution in [0.15, 0.2) is 53.3 Å². The van der Waals surface area contributed by atoms with Crippen LogP contribution < -0.4 is 16.4 Å². The molecule has 0 radical (unpaired) electrons. The molecular weight excluding hydrogens is 568 g/mol. The van der Waals surface area contributed by atoms with Gasteiger partial charge < -0.3 is 36.8 Å². The molecule has 3 aliphatic rings. The summed E-state index contributed by atoms with van der Waals surface area (Å²) in [4.78, 5) is 53.0. The van der Waals surface area contributed by atoms with E-state index in [1.807, 2.05) is 6.92 Å². The minimum absolute atomic E-state index is 0.00312. The standard InChI is InChI=1S/C32H36N4O8/c1-4-5-12-34-31(43)35-17-8-6-15(7-9-17)18-10-11-21(37)23-19(18)13-16-14-20-25(36(2)3)27(39)24(30(33)42)29(41)32(20,44)28(40)22(16)26(23)38/h6-11,16,20,25,37-38,41,44H,4-5,12-14H2,1-3H3,(H2,33,42)(H2,34,35,43)/t16-,20-,25-,32-/m0/s1. The summed E-state index contributed by atoms with van der Waals surface area (Å²) in [6, 6.07) is 8.61. The zero-order chi connectivity index (χ0) is 32.1. The first-order valence-corrected chi connectivity index (χ1v) is 14.5. The number of carbonyl (C=O) groups excluding carboxylic acids is 4. The number of aromatic hydroxyl groups is 1. The van der Waals surface area contributed by atoms with E-state index in [1.54, 1.807) is 44.4 Å². The van der Waals surface area contributed by atoms with Crippen LogP contribution >= 0.6 is 0 Å². The van der Waals surface area contributed by atoms with Crippen molar-refractivity contribution >= 4 is 35.0 Å². The Labute approximate surface area is 253 Å². The van der Waals surface area contributed by atoms with Crippen molar-refractivity contribution in [1.82, 2.24) is 10.2 Å². The molecular formula is C32H36N4O8. The van der Waals surface area contributed by atoms with Gasteiger partial charge in [-0.15, -0.1) is 0 Å². The molecule has 0 aliphatic heterocycles. The van der Waals surface area contributed by atoms with Gasteiger partial charge in [0.05, 0.1) is 11.6 Å². The van der Waals surface area contributed by atoms with Crippen LogP contribution in [-0.4, -0.2) is 81.1 Å². The molecule has 0 heterocycles. The van der Waals surface area contributed by atoms with Crippen LogP contribution in [0.3, 0.4) is 0 Å². The first kappa shape index (κ1) is 30.8. The van der Waals surface area contributed by atoms with E-state index in [4.69, 9.17) is 5.73 Å². The second kappa shape index (κ2) is 11.4. The number of aliphatic hydroxyl groups excluding tert-OH is 2. The summed E-state index contributed by atoms with van der Waals surface area (Å²) in [6.07, 6.45) is 1.99. The van der Waals surface area contributed by atoms with Gasteiger partial charge in [0.15, 0.2) is 11.4 Å². The predicted octanol–water partition coefficient (Wildman–Crippen LogP) is 2.55. The summed E-state index contributed by atoms with van der Waals surface area (Å²) < 4.78 is 0. The Morgan fingerprint density at radius 2 is 1.75 bits per heavy atom. The number of likely N-dealkylation sites (N-methyl/N-ethyl adjacent to an activating group) is 1. The molecule has 1 saturated carbocycles. The van der Waals surface area contributed by atoms with Crippen LogP contribution in [0.2, 0.25) is 0 Å². The maximum atomic E-state index is 14.0. The Hall–Kier alpha value is -4.68. The fraction of sp³-hybridized carbons (Fsp3) is 0.375. The number of urea groups is 1. The number of ketones is 2. The van der Waals surface area contributed by atoms with Gasteiger partial charge in [0.1, 0.15) is 22.8 Å². The van der Waals surface area contributed by atoms with Crippen LogP contribution in [-0.2, 0) is 20.8 Å². The highest BCUT2D eigenvalue weighted by Gasteiger charge is 2.64. The number of hydrogen-bond acceptors (Lipinski definition) is 9. The number of fused-ring (bicyclic) bond motifs is 3. The number of hydrogen-bond donors (Lipinski definition) is 7. The van der Waals surface area contributed by atoms with E-state index in [2.05, 4.69) is 10.6 Å². The fourth-order valence-electron chi connectivity index (χ4n) is 6.80. The van der Waals surface area contributed by atoms with Crippen LogP contribution in [0.5, 0.6) is 5.75 Å². The smallest absolute Gasteiger partial charge is 0.319 e. The third kappa shape index (κ3) is 4.80. The molecule has 0 aromatic heterocycles. The van der Waals surface area contributed by atoms with Crippen LogP contribution in [0, 0.1) is 11.8 Å². The number of benzene rings is 2. The summed E-state index contributed by atoms with van der Waals surface area (Å²) in [7, 11) is 3.11. The van der Waals surface area contributed by atoms with E-state index in [-0.39, 0.29) is 35.8 Å². The van der Waals surface area contributed by atoms with Crippen LogP contribution in [0.4, 0.5) is 10.5 Å². The molecule has 3 amide bonds. The van der Waals surface area contributed by atoms with E-state index < -0.39 is 58.0 Å². The molecule has 2 aromatic rings. The SMILES string of the molecule is CCCCNC(=O)Nc1ccc(-c2ccc(O)c3c2C[C@H]2C[C@H]4[C@H](N(C)C)C(=O)C(C(N)=O)=C(O)[C@@]4(O)C(=O)C2=C3O)cc1. The van der Waals surface area contributed by atoms with Crippen molar-refractivity contribution in [3.63, 3.8) is 0 Å². The molecule has 8 N–H and O–H groups in total. The number of amides is 3. The summed E-state index contributed by atoms with van der Waals surface area (Å²) in [5.74, 6) is -6.96. The van der Waals surface area contributed by atoms with Crippen molar-refractivity contribution in [2.45, 2.75) is 44.2 Å².